The number of hydrogen-bond donors (Lipinski definition) is 1. The molecule has 1 aliphatic rings. The van der Waals surface area contributed by atoms with Gasteiger partial charge in [0.15, 0.2) is 12.1 Å². The van der Waals surface area contributed by atoms with E-state index in [9.17, 15) is 18.8 Å². The summed E-state index contributed by atoms with van der Waals surface area (Å²) < 4.78 is 24.5. The molecule has 33 heavy (non-hydrogen) atoms. The smallest absolute Gasteiger partial charge is 0.362 e. The number of ether oxygens (including phenoxy) is 2. The van der Waals surface area contributed by atoms with E-state index in [1.54, 1.807) is 27.9 Å². The Kier molecular flexibility index (Phi) is 7.17. The molecule has 0 heterocycles. The Morgan fingerprint density at radius 3 is 2.36 bits per heavy atom. The number of aryl methyl sites for hydroxylation is 1. The second-order valence-electron chi connectivity index (χ2n) is 8.84. The fourth-order valence-corrected chi connectivity index (χ4v) is 3.99. The molecule has 0 aromatic heterocycles. The third-order valence-corrected chi connectivity index (χ3v) is 6.11. The van der Waals surface area contributed by atoms with Crippen LogP contribution < -0.4 is 5.32 Å². The van der Waals surface area contributed by atoms with Crippen molar-refractivity contribution in [1.29, 1.82) is 0 Å². The molecule has 1 fully saturated rings. The highest BCUT2D eigenvalue weighted by molar-refractivity contribution is 6.05. The fraction of sp³-hybridized carbons (Fsp3) is 0.400. The van der Waals surface area contributed by atoms with Crippen LogP contribution in [-0.4, -0.2) is 55.1 Å². The molecule has 0 unspecified atom stereocenters. The maximum atomic E-state index is 13.9. The lowest BCUT2D eigenvalue weighted by atomic mass is 10.1. The number of esters is 2. The molecule has 8 heteroatoms. The molecule has 0 atom stereocenters. The first-order valence-corrected chi connectivity index (χ1v) is 10.9. The first-order chi connectivity index (χ1) is 15.6. The molecule has 1 N–H and O–H groups in total. The standard InChI is InChI=1S/C25H29FN2O5/c1-5-32-23(30)20-14-19(26)13-17(2)22(20)27-24(31)25(11-12-25)28(3,4)15-21(29)33-16-18-9-7-6-8-10-18/h6-10,13-14H,5,11-12,15-16H2,1-4H3/p+1. The second kappa shape index (κ2) is 9.70. The third kappa shape index (κ3) is 5.39. The van der Waals surface area contributed by atoms with Gasteiger partial charge in [-0.05, 0) is 37.1 Å². The van der Waals surface area contributed by atoms with Crippen LogP contribution in [0.5, 0.6) is 0 Å². The van der Waals surface area contributed by atoms with E-state index in [4.69, 9.17) is 9.47 Å². The number of hydrogen-bond acceptors (Lipinski definition) is 5. The molecule has 3 rings (SSSR count). The van der Waals surface area contributed by atoms with Crippen molar-refractivity contribution in [2.24, 2.45) is 0 Å². The number of anilines is 1. The lowest BCUT2D eigenvalue weighted by molar-refractivity contribution is -0.909. The summed E-state index contributed by atoms with van der Waals surface area (Å²) in [5, 5.41) is 2.81. The molecule has 1 aliphatic carbocycles. The quantitative estimate of drug-likeness (QED) is 0.460. The maximum absolute atomic E-state index is 13.9. The van der Waals surface area contributed by atoms with Gasteiger partial charge in [0, 0.05) is 12.8 Å². The average molecular weight is 458 g/mol. The maximum Gasteiger partial charge on any atom is 0.362 e. The van der Waals surface area contributed by atoms with Crippen LogP contribution in [0.1, 0.15) is 41.3 Å². The summed E-state index contributed by atoms with van der Waals surface area (Å²) in [6.45, 7) is 3.56. The van der Waals surface area contributed by atoms with Gasteiger partial charge in [-0.25, -0.2) is 14.0 Å². The highest BCUT2D eigenvalue weighted by Crippen LogP contribution is 2.46. The van der Waals surface area contributed by atoms with Crippen LogP contribution in [0.2, 0.25) is 0 Å². The van der Waals surface area contributed by atoms with Gasteiger partial charge in [-0.15, -0.1) is 0 Å². The lowest BCUT2D eigenvalue weighted by Crippen LogP contribution is -2.59. The van der Waals surface area contributed by atoms with Crippen LogP contribution in [0.3, 0.4) is 0 Å². The van der Waals surface area contributed by atoms with Gasteiger partial charge in [-0.3, -0.25) is 4.79 Å². The van der Waals surface area contributed by atoms with Gasteiger partial charge in [0.1, 0.15) is 12.4 Å². The topological polar surface area (TPSA) is 81.7 Å². The van der Waals surface area contributed by atoms with Gasteiger partial charge < -0.3 is 19.3 Å². The van der Waals surface area contributed by atoms with E-state index in [-0.39, 0.29) is 41.4 Å². The van der Waals surface area contributed by atoms with Crippen molar-refractivity contribution in [3.63, 3.8) is 0 Å². The minimum atomic E-state index is -0.849. The molecular weight excluding hydrogens is 427 g/mol. The molecule has 0 radical (unpaired) electrons. The van der Waals surface area contributed by atoms with Crippen molar-refractivity contribution in [3.05, 3.63) is 65.0 Å². The van der Waals surface area contributed by atoms with Gasteiger partial charge in [-0.2, -0.15) is 0 Å². The molecule has 176 valence electrons. The van der Waals surface area contributed by atoms with Crippen molar-refractivity contribution >= 4 is 23.5 Å². The van der Waals surface area contributed by atoms with Crippen LogP contribution in [0.4, 0.5) is 10.1 Å². The first-order valence-electron chi connectivity index (χ1n) is 10.9. The van der Waals surface area contributed by atoms with Gasteiger partial charge in [0.2, 0.25) is 0 Å². The number of carbonyl (C=O) groups is 3. The molecule has 2 aromatic rings. The zero-order chi connectivity index (χ0) is 24.2. The number of halogens is 1. The van der Waals surface area contributed by atoms with E-state index in [2.05, 4.69) is 5.32 Å². The summed E-state index contributed by atoms with van der Waals surface area (Å²) in [4.78, 5) is 38.2. The zero-order valence-corrected chi connectivity index (χ0v) is 19.4. The Morgan fingerprint density at radius 1 is 1.09 bits per heavy atom. The number of carbonyl (C=O) groups excluding carboxylic acids is 3. The number of likely N-dealkylation sites (N-methyl/N-ethyl adjacent to an activating group) is 1. The van der Waals surface area contributed by atoms with Crippen LogP contribution >= 0.6 is 0 Å². The Labute approximate surface area is 193 Å². The summed E-state index contributed by atoms with van der Waals surface area (Å²) in [5.74, 6) is -2.04. The van der Waals surface area contributed by atoms with Crippen LogP contribution in [0.15, 0.2) is 42.5 Å². The van der Waals surface area contributed by atoms with Crippen LogP contribution in [-0.2, 0) is 25.7 Å². The SMILES string of the molecule is CCOC(=O)c1cc(F)cc(C)c1NC(=O)C1([N+](C)(C)CC(=O)OCc2ccccc2)CC1. The van der Waals surface area contributed by atoms with E-state index in [1.807, 2.05) is 30.3 Å². The molecule has 1 amide bonds. The number of benzene rings is 2. The van der Waals surface area contributed by atoms with E-state index in [0.717, 1.165) is 11.6 Å². The third-order valence-electron chi connectivity index (χ3n) is 6.11. The van der Waals surface area contributed by atoms with Crippen LogP contribution in [0, 0.1) is 12.7 Å². The minimum absolute atomic E-state index is 0.00733. The van der Waals surface area contributed by atoms with Gasteiger partial charge in [0.05, 0.1) is 32.0 Å². The number of rotatable bonds is 9. The van der Waals surface area contributed by atoms with E-state index in [0.29, 0.717) is 18.4 Å². The van der Waals surface area contributed by atoms with Gasteiger partial charge in [-0.1, -0.05) is 30.3 Å². The van der Waals surface area contributed by atoms with Crippen molar-refractivity contribution in [2.45, 2.75) is 38.8 Å². The van der Waals surface area contributed by atoms with Crippen molar-refractivity contribution < 1.29 is 32.7 Å². The average Bonchev–Trinajstić information content (AvgIpc) is 3.57. The molecule has 7 nitrogen and oxygen atoms in total. The Balaban J connectivity index is 1.73. The summed E-state index contributed by atoms with van der Waals surface area (Å²) in [5.41, 5.74) is 0.630. The molecular formula is C25H30FN2O5+. The lowest BCUT2D eigenvalue weighted by Gasteiger charge is -2.36. The molecule has 2 aromatic carbocycles. The predicted octanol–water partition coefficient (Wildman–Crippen LogP) is 3.60. The number of nitrogens with one attached hydrogen (secondary N) is 1. The van der Waals surface area contributed by atoms with Gasteiger partial charge >= 0.3 is 11.9 Å². The van der Waals surface area contributed by atoms with Crippen molar-refractivity contribution in [1.82, 2.24) is 0 Å². The normalized spacial score (nSPS) is 14.3. The van der Waals surface area contributed by atoms with Crippen molar-refractivity contribution in [3.8, 4) is 0 Å². The number of quaternary nitrogens is 1. The monoisotopic (exact) mass is 457 g/mol. The highest BCUT2D eigenvalue weighted by atomic mass is 19.1. The van der Waals surface area contributed by atoms with Crippen molar-refractivity contribution in [2.75, 3.05) is 32.6 Å². The zero-order valence-electron chi connectivity index (χ0n) is 19.4. The molecule has 0 aliphatic heterocycles. The Morgan fingerprint density at radius 2 is 1.76 bits per heavy atom. The van der Waals surface area contributed by atoms with E-state index < -0.39 is 23.3 Å². The Bertz CT molecular complexity index is 1050. The summed E-state index contributed by atoms with van der Waals surface area (Å²) in [6, 6.07) is 11.7. The predicted molar refractivity (Wildman–Crippen MR) is 121 cm³/mol. The number of nitrogens with zero attached hydrogens (tertiary/aromatic N) is 1. The first kappa shape index (κ1) is 24.4. The number of amides is 1. The van der Waals surface area contributed by atoms with Gasteiger partial charge in [0.25, 0.3) is 5.91 Å². The summed E-state index contributed by atoms with van der Waals surface area (Å²) >= 11 is 0. The Hall–Kier alpha value is -3.26. The second-order valence-corrected chi connectivity index (χ2v) is 8.84. The summed E-state index contributed by atoms with van der Waals surface area (Å²) in [7, 11) is 3.61. The largest absolute Gasteiger partial charge is 0.462 e. The summed E-state index contributed by atoms with van der Waals surface area (Å²) in [6.07, 6.45) is 1.15. The molecule has 0 bridgehead atoms. The van der Waals surface area contributed by atoms with E-state index >= 15 is 0 Å². The minimum Gasteiger partial charge on any atom is -0.462 e. The molecule has 0 spiro atoms. The fourth-order valence-electron chi connectivity index (χ4n) is 3.99. The molecule has 0 saturated heterocycles. The van der Waals surface area contributed by atoms with E-state index in [1.165, 1.54) is 6.07 Å². The molecule has 1 saturated carbocycles. The van der Waals surface area contributed by atoms with Crippen LogP contribution in [0.25, 0.3) is 0 Å². The highest BCUT2D eigenvalue weighted by Gasteiger charge is 2.63.